The molecule has 1 amide bonds. The second-order valence-electron chi connectivity index (χ2n) is 4.07. The van der Waals surface area contributed by atoms with Gasteiger partial charge in [0.25, 0.3) is 0 Å². The van der Waals surface area contributed by atoms with Crippen LogP contribution in [0.5, 0.6) is 0 Å². The molecule has 1 atom stereocenters. The predicted octanol–water partition coefficient (Wildman–Crippen LogP) is 2.32. The first-order chi connectivity index (χ1) is 10.2. The minimum absolute atomic E-state index is 0.820. The summed E-state index contributed by atoms with van der Waals surface area (Å²) in [6.07, 6.45) is -1.04. The number of carboxylic acids is 1. The van der Waals surface area contributed by atoms with Crippen molar-refractivity contribution in [1.82, 2.24) is 5.32 Å². The van der Waals surface area contributed by atoms with Crippen LogP contribution in [0.4, 0.5) is 23.2 Å². The molecule has 0 unspecified atom stereocenters. The van der Waals surface area contributed by atoms with Crippen LogP contribution in [0, 0.1) is 23.3 Å². The van der Waals surface area contributed by atoms with E-state index in [2.05, 4.69) is 5.11 Å². The van der Waals surface area contributed by atoms with Crippen molar-refractivity contribution in [2.75, 3.05) is 0 Å². The maximum absolute atomic E-state index is 13.7. The van der Waals surface area contributed by atoms with Crippen LogP contribution in [0.2, 0.25) is 0 Å². The number of hydrogen-bond donors (Lipinski definition) is 2. The molecule has 22 heavy (non-hydrogen) atoms. The summed E-state index contributed by atoms with van der Waals surface area (Å²) in [5.41, 5.74) is 5.36. The summed E-state index contributed by atoms with van der Waals surface area (Å²) in [4.78, 5) is 23.7. The highest BCUT2D eigenvalue weighted by molar-refractivity contribution is 5.82. The van der Waals surface area contributed by atoms with E-state index in [1.165, 1.54) is 0 Å². The molecule has 0 aromatic heterocycles. The standard InChI is InChI=1S/C11H8F4N4O3/c1-3(20)17-5(11(21)22)2-4-6(12)8(14)10(18-19-16)9(15)7(4)13/h5H,2H2,1H3,(H,17,20)(H,21,22)/t5-/m1/s1. The topological polar surface area (TPSA) is 115 Å². The van der Waals surface area contributed by atoms with E-state index in [1.54, 1.807) is 0 Å². The summed E-state index contributed by atoms with van der Waals surface area (Å²) in [6.45, 7) is 0.953. The third-order valence-electron chi connectivity index (χ3n) is 2.56. The van der Waals surface area contributed by atoms with Gasteiger partial charge in [0.2, 0.25) is 5.91 Å². The molecular formula is C11H8F4N4O3. The van der Waals surface area contributed by atoms with E-state index in [9.17, 15) is 27.2 Å². The van der Waals surface area contributed by atoms with Crippen molar-refractivity contribution in [1.29, 1.82) is 0 Å². The van der Waals surface area contributed by atoms with Crippen LogP contribution in [-0.2, 0) is 16.0 Å². The first-order valence-electron chi connectivity index (χ1n) is 5.60. The highest BCUT2D eigenvalue weighted by Crippen LogP contribution is 2.31. The SMILES string of the molecule is CC(=O)N[C@H](Cc1c(F)c(F)c(N=[N+]=[N-])c(F)c1F)C(=O)O. The van der Waals surface area contributed by atoms with Gasteiger partial charge in [0.1, 0.15) is 11.7 Å². The summed E-state index contributed by atoms with van der Waals surface area (Å²) in [6, 6.07) is -1.80. The van der Waals surface area contributed by atoms with Gasteiger partial charge in [-0.15, -0.1) is 0 Å². The third-order valence-corrected chi connectivity index (χ3v) is 2.56. The second kappa shape index (κ2) is 6.76. The Balaban J connectivity index is 3.39. The van der Waals surface area contributed by atoms with E-state index < -0.39 is 58.9 Å². The van der Waals surface area contributed by atoms with Crippen LogP contribution < -0.4 is 5.32 Å². The lowest BCUT2D eigenvalue weighted by molar-refractivity contribution is -0.141. The van der Waals surface area contributed by atoms with Gasteiger partial charge in [-0.05, 0) is 5.53 Å². The van der Waals surface area contributed by atoms with Gasteiger partial charge >= 0.3 is 5.97 Å². The van der Waals surface area contributed by atoms with Crippen LogP contribution >= 0.6 is 0 Å². The van der Waals surface area contributed by atoms with Crippen molar-refractivity contribution in [2.24, 2.45) is 5.11 Å². The number of nitrogens with zero attached hydrogens (tertiary/aromatic N) is 3. The Hall–Kier alpha value is -2.81. The molecule has 2 N–H and O–H groups in total. The summed E-state index contributed by atoms with van der Waals surface area (Å²) < 4.78 is 54.5. The molecule has 1 aromatic carbocycles. The molecule has 0 saturated carbocycles. The molecule has 11 heteroatoms. The lowest BCUT2D eigenvalue weighted by Gasteiger charge is -2.15. The number of carbonyl (C=O) groups is 2. The fourth-order valence-electron chi connectivity index (χ4n) is 1.63. The minimum atomic E-state index is -1.96. The smallest absolute Gasteiger partial charge is 0.326 e. The Bertz CT molecular complexity index is 659. The Kier molecular flexibility index (Phi) is 5.30. The molecule has 0 fully saturated rings. The zero-order chi connectivity index (χ0) is 17.0. The van der Waals surface area contributed by atoms with Gasteiger partial charge < -0.3 is 10.4 Å². The number of carbonyl (C=O) groups excluding carboxylic acids is 1. The van der Waals surface area contributed by atoms with Crippen molar-refractivity contribution < 1.29 is 32.3 Å². The number of hydrogen-bond acceptors (Lipinski definition) is 3. The number of nitrogens with one attached hydrogen (secondary N) is 1. The zero-order valence-corrected chi connectivity index (χ0v) is 10.9. The predicted molar refractivity (Wildman–Crippen MR) is 64.0 cm³/mol. The highest BCUT2D eigenvalue weighted by Gasteiger charge is 2.29. The molecule has 0 aliphatic rings. The van der Waals surface area contributed by atoms with Crippen molar-refractivity contribution in [3.63, 3.8) is 0 Å². The summed E-state index contributed by atoms with van der Waals surface area (Å²) >= 11 is 0. The number of amides is 1. The van der Waals surface area contributed by atoms with Gasteiger partial charge in [-0.25, -0.2) is 22.4 Å². The molecule has 7 nitrogen and oxygen atoms in total. The Morgan fingerprint density at radius 1 is 1.23 bits per heavy atom. The van der Waals surface area contributed by atoms with Crippen LogP contribution in [0.3, 0.4) is 0 Å². The molecular weight excluding hydrogens is 312 g/mol. The quantitative estimate of drug-likeness (QED) is 0.285. The van der Waals surface area contributed by atoms with Crippen LogP contribution in [0.15, 0.2) is 5.11 Å². The maximum atomic E-state index is 13.7. The number of halogens is 4. The summed E-state index contributed by atoms with van der Waals surface area (Å²) in [7, 11) is 0. The van der Waals surface area contributed by atoms with Gasteiger partial charge in [-0.3, -0.25) is 4.79 Å². The van der Waals surface area contributed by atoms with Crippen molar-refractivity contribution in [3.8, 4) is 0 Å². The molecule has 0 saturated heterocycles. The fourth-order valence-corrected chi connectivity index (χ4v) is 1.63. The second-order valence-corrected chi connectivity index (χ2v) is 4.07. The van der Waals surface area contributed by atoms with Gasteiger partial charge in [-0.2, -0.15) is 0 Å². The van der Waals surface area contributed by atoms with E-state index >= 15 is 0 Å². The molecule has 1 rings (SSSR count). The van der Waals surface area contributed by atoms with E-state index in [0.717, 1.165) is 6.92 Å². The molecule has 0 spiro atoms. The molecule has 0 heterocycles. The van der Waals surface area contributed by atoms with Gasteiger partial charge in [0.15, 0.2) is 23.3 Å². The number of azide groups is 1. The molecule has 0 aliphatic carbocycles. The Morgan fingerprint density at radius 2 is 1.73 bits per heavy atom. The monoisotopic (exact) mass is 320 g/mol. The van der Waals surface area contributed by atoms with E-state index in [0.29, 0.717) is 0 Å². The summed E-state index contributed by atoms with van der Waals surface area (Å²) in [5.74, 6) is -10.2. The van der Waals surface area contributed by atoms with Crippen molar-refractivity contribution >= 4 is 17.6 Å². The molecule has 0 aliphatic heterocycles. The number of carboxylic acid groups (broad SMARTS) is 1. The van der Waals surface area contributed by atoms with Gasteiger partial charge in [0.05, 0.1) is 0 Å². The average Bonchev–Trinajstić information content (AvgIpc) is 2.44. The average molecular weight is 320 g/mol. The van der Waals surface area contributed by atoms with Gasteiger partial charge in [-0.1, -0.05) is 5.11 Å². The molecule has 118 valence electrons. The van der Waals surface area contributed by atoms with E-state index in [1.807, 2.05) is 10.2 Å². The molecule has 0 bridgehead atoms. The first-order valence-corrected chi connectivity index (χ1v) is 5.60. The lowest BCUT2D eigenvalue weighted by atomic mass is 10.0. The van der Waals surface area contributed by atoms with Crippen molar-refractivity contribution in [2.45, 2.75) is 19.4 Å². The normalized spacial score (nSPS) is 11.5. The maximum Gasteiger partial charge on any atom is 0.326 e. The van der Waals surface area contributed by atoms with Crippen LogP contribution in [-0.4, -0.2) is 23.0 Å². The summed E-state index contributed by atoms with van der Waals surface area (Å²) in [5, 5.41) is 13.2. The van der Waals surface area contributed by atoms with Crippen molar-refractivity contribution in [3.05, 3.63) is 39.3 Å². The minimum Gasteiger partial charge on any atom is -0.480 e. The largest absolute Gasteiger partial charge is 0.480 e. The third kappa shape index (κ3) is 3.44. The highest BCUT2D eigenvalue weighted by atomic mass is 19.2. The van der Waals surface area contributed by atoms with Gasteiger partial charge in [0, 0.05) is 23.8 Å². The first kappa shape index (κ1) is 17.2. The lowest BCUT2D eigenvalue weighted by Crippen LogP contribution is -2.41. The van der Waals surface area contributed by atoms with Crippen LogP contribution in [0.25, 0.3) is 10.4 Å². The number of rotatable bonds is 5. The molecule has 1 aromatic rings. The van der Waals surface area contributed by atoms with Crippen LogP contribution in [0.1, 0.15) is 12.5 Å². The van der Waals surface area contributed by atoms with E-state index in [4.69, 9.17) is 10.6 Å². The zero-order valence-electron chi connectivity index (χ0n) is 10.9. The number of aliphatic carboxylic acids is 1. The Morgan fingerprint density at radius 3 is 2.09 bits per heavy atom. The molecule has 0 radical (unpaired) electrons. The fraction of sp³-hybridized carbons (Fsp3) is 0.273. The Labute approximate surface area is 120 Å². The number of benzene rings is 1. The van der Waals surface area contributed by atoms with E-state index in [-0.39, 0.29) is 0 Å².